The Morgan fingerprint density at radius 3 is 2.58 bits per heavy atom. The topological polar surface area (TPSA) is 43.4 Å². The maximum absolute atomic E-state index is 12.0. The van der Waals surface area contributed by atoms with Crippen molar-refractivity contribution in [2.45, 2.75) is 51.9 Å². The van der Waals surface area contributed by atoms with Gasteiger partial charge in [-0.2, -0.15) is 0 Å². The van der Waals surface area contributed by atoms with Crippen LogP contribution in [0, 0.1) is 0 Å². The van der Waals surface area contributed by atoms with Crippen molar-refractivity contribution in [1.29, 1.82) is 0 Å². The molecule has 1 unspecified atom stereocenters. The molecule has 0 saturated heterocycles. The number of carbonyl (C=O) groups is 2. The molecule has 1 aromatic carbocycles. The molecule has 2 aromatic rings. The quantitative estimate of drug-likeness (QED) is 0.472. The van der Waals surface area contributed by atoms with Gasteiger partial charge in [0.1, 0.15) is 0 Å². The highest BCUT2D eigenvalue weighted by Crippen LogP contribution is 2.38. The molecule has 0 amide bonds. The first kappa shape index (κ1) is 16.9. The van der Waals surface area contributed by atoms with Gasteiger partial charge in [-0.1, -0.05) is 45.2 Å². The van der Waals surface area contributed by atoms with Gasteiger partial charge in [-0.05, 0) is 41.8 Å². The Morgan fingerprint density at radius 1 is 1.04 bits per heavy atom. The summed E-state index contributed by atoms with van der Waals surface area (Å²) in [5.74, 6) is -0.498. The zero-order chi connectivity index (χ0) is 17.1. The molecular formula is C20H22O3S. The fourth-order valence-electron chi connectivity index (χ4n) is 3.32. The Morgan fingerprint density at radius 2 is 1.83 bits per heavy atom. The van der Waals surface area contributed by atoms with E-state index in [4.69, 9.17) is 4.74 Å². The van der Waals surface area contributed by atoms with Gasteiger partial charge in [0, 0.05) is 10.4 Å². The van der Waals surface area contributed by atoms with Crippen molar-refractivity contribution in [3.63, 3.8) is 0 Å². The summed E-state index contributed by atoms with van der Waals surface area (Å²) in [5, 5.41) is 2.20. The first-order valence-electron chi connectivity index (χ1n) is 8.64. The average Bonchev–Trinajstić information content (AvgIpc) is 3.17. The number of benzene rings is 1. The lowest BCUT2D eigenvalue weighted by molar-refractivity contribution is 0.0444. The lowest BCUT2D eigenvalue weighted by atomic mass is 9.91. The van der Waals surface area contributed by atoms with Crippen molar-refractivity contribution in [3.8, 4) is 10.4 Å². The van der Waals surface area contributed by atoms with Crippen LogP contribution in [0.4, 0.5) is 0 Å². The third-order valence-electron chi connectivity index (χ3n) is 4.57. The van der Waals surface area contributed by atoms with Gasteiger partial charge in [0.05, 0.1) is 11.1 Å². The van der Waals surface area contributed by atoms with Gasteiger partial charge in [-0.25, -0.2) is 9.59 Å². The molecule has 1 aliphatic heterocycles. The molecule has 0 fully saturated rings. The van der Waals surface area contributed by atoms with Crippen molar-refractivity contribution in [2.24, 2.45) is 0 Å². The zero-order valence-corrected chi connectivity index (χ0v) is 14.9. The van der Waals surface area contributed by atoms with Crippen molar-refractivity contribution in [2.75, 3.05) is 0 Å². The van der Waals surface area contributed by atoms with Crippen LogP contribution in [-0.4, -0.2) is 11.9 Å². The molecule has 24 heavy (non-hydrogen) atoms. The van der Waals surface area contributed by atoms with E-state index in [1.807, 2.05) is 12.1 Å². The predicted molar refractivity (Wildman–Crippen MR) is 96.7 cm³/mol. The number of carbonyl (C=O) groups excluding carboxylic acids is 2. The summed E-state index contributed by atoms with van der Waals surface area (Å²) < 4.78 is 4.77. The molecule has 0 aliphatic carbocycles. The molecule has 3 nitrogen and oxygen atoms in total. The van der Waals surface area contributed by atoms with Crippen molar-refractivity contribution >= 4 is 23.3 Å². The van der Waals surface area contributed by atoms with Gasteiger partial charge in [-0.3, -0.25) is 0 Å². The third kappa shape index (κ3) is 3.16. The van der Waals surface area contributed by atoms with Gasteiger partial charge >= 0.3 is 11.9 Å². The smallest absolute Gasteiger partial charge is 0.347 e. The first-order valence-corrected chi connectivity index (χ1v) is 9.52. The van der Waals surface area contributed by atoms with E-state index in [9.17, 15) is 9.59 Å². The van der Waals surface area contributed by atoms with Crippen LogP contribution in [0.3, 0.4) is 0 Å². The van der Waals surface area contributed by atoms with Crippen LogP contribution in [0.5, 0.6) is 0 Å². The molecule has 0 spiro atoms. The summed E-state index contributed by atoms with van der Waals surface area (Å²) in [4.78, 5) is 24.8. The number of hydrogen-bond donors (Lipinski definition) is 0. The monoisotopic (exact) mass is 342 g/mol. The number of esters is 2. The molecule has 2 heterocycles. The van der Waals surface area contributed by atoms with Crippen molar-refractivity contribution < 1.29 is 14.3 Å². The van der Waals surface area contributed by atoms with Crippen LogP contribution >= 0.6 is 11.3 Å². The molecule has 0 N–H and O–H groups in total. The maximum atomic E-state index is 12.0. The summed E-state index contributed by atoms with van der Waals surface area (Å²) >= 11 is 1.64. The molecule has 0 bridgehead atoms. The number of hydrogen-bond acceptors (Lipinski definition) is 4. The Kier molecular flexibility index (Phi) is 5.14. The number of unbranched alkanes of at least 4 members (excludes halogenated alkanes) is 1. The summed E-state index contributed by atoms with van der Waals surface area (Å²) in [6, 6.07) is 7.55. The molecule has 1 aromatic heterocycles. The first-order chi connectivity index (χ1) is 11.7. The summed E-state index contributed by atoms with van der Waals surface area (Å²) in [6.45, 7) is 4.44. The highest BCUT2D eigenvalue weighted by atomic mass is 32.1. The van der Waals surface area contributed by atoms with E-state index in [1.165, 1.54) is 37.7 Å². The highest BCUT2D eigenvalue weighted by Gasteiger charge is 2.32. The molecule has 4 heteroatoms. The molecule has 3 rings (SSSR count). The van der Waals surface area contributed by atoms with Crippen LogP contribution in [0.1, 0.15) is 78.1 Å². The van der Waals surface area contributed by atoms with E-state index >= 15 is 0 Å². The van der Waals surface area contributed by atoms with Crippen LogP contribution in [0.25, 0.3) is 10.4 Å². The van der Waals surface area contributed by atoms with E-state index < -0.39 is 11.9 Å². The second kappa shape index (κ2) is 7.31. The molecule has 0 saturated carbocycles. The van der Waals surface area contributed by atoms with E-state index in [0.717, 1.165) is 10.4 Å². The minimum Gasteiger partial charge on any atom is -0.386 e. The van der Waals surface area contributed by atoms with Gasteiger partial charge in [0.2, 0.25) is 0 Å². The van der Waals surface area contributed by atoms with Crippen molar-refractivity contribution in [3.05, 3.63) is 46.3 Å². The van der Waals surface area contributed by atoms with E-state index in [0.29, 0.717) is 17.0 Å². The second-order valence-electron chi connectivity index (χ2n) is 6.28. The van der Waals surface area contributed by atoms with Crippen LogP contribution in [-0.2, 0) is 4.74 Å². The minimum absolute atomic E-state index is 0.378. The SMILES string of the molecule is CCCCC(CCC)c1csc(-c2cccc3c2C(=O)OC3=O)c1. The van der Waals surface area contributed by atoms with Gasteiger partial charge in [0.15, 0.2) is 0 Å². The zero-order valence-electron chi connectivity index (χ0n) is 14.1. The van der Waals surface area contributed by atoms with Crippen LogP contribution in [0.15, 0.2) is 29.6 Å². The van der Waals surface area contributed by atoms with Gasteiger partial charge in [-0.15, -0.1) is 11.3 Å². The third-order valence-corrected chi connectivity index (χ3v) is 5.56. The molecule has 126 valence electrons. The standard InChI is InChI=1S/C20H22O3S/c1-3-5-8-13(7-4-2)14-11-17(24-12-14)15-9-6-10-16-18(15)20(22)23-19(16)21/h6,9-13H,3-5,7-8H2,1-2H3. The van der Waals surface area contributed by atoms with Gasteiger partial charge < -0.3 is 4.74 Å². The summed E-state index contributed by atoms with van der Waals surface area (Å²) in [5.41, 5.74) is 2.95. The maximum Gasteiger partial charge on any atom is 0.347 e. The normalized spacial score (nSPS) is 14.6. The lowest BCUT2D eigenvalue weighted by Gasteiger charge is -2.14. The summed E-state index contributed by atoms with van der Waals surface area (Å²) in [6.07, 6.45) is 5.99. The second-order valence-corrected chi connectivity index (χ2v) is 7.19. The molecule has 1 atom stereocenters. The van der Waals surface area contributed by atoms with Crippen molar-refractivity contribution in [1.82, 2.24) is 0 Å². The molecule has 1 aliphatic rings. The molecular weight excluding hydrogens is 320 g/mol. The van der Waals surface area contributed by atoms with Gasteiger partial charge in [0.25, 0.3) is 0 Å². The fraction of sp³-hybridized carbons (Fsp3) is 0.400. The number of rotatable bonds is 7. The lowest BCUT2D eigenvalue weighted by Crippen LogP contribution is -1.98. The average molecular weight is 342 g/mol. The van der Waals surface area contributed by atoms with Crippen LogP contribution < -0.4 is 0 Å². The highest BCUT2D eigenvalue weighted by molar-refractivity contribution is 7.13. The fourth-order valence-corrected chi connectivity index (χ4v) is 4.35. The Bertz CT molecular complexity index is 760. The Balaban J connectivity index is 1.94. The molecule has 0 radical (unpaired) electrons. The number of fused-ring (bicyclic) bond motifs is 1. The number of thiophene rings is 1. The number of cyclic esters (lactones) is 2. The Hall–Kier alpha value is -1.94. The minimum atomic E-state index is -0.541. The summed E-state index contributed by atoms with van der Waals surface area (Å²) in [7, 11) is 0. The predicted octanol–water partition coefficient (Wildman–Crippen LogP) is 5.80. The van der Waals surface area contributed by atoms with Crippen LogP contribution in [0.2, 0.25) is 0 Å². The largest absolute Gasteiger partial charge is 0.386 e. The van der Waals surface area contributed by atoms with E-state index in [2.05, 4.69) is 25.3 Å². The Labute approximate surface area is 146 Å². The number of ether oxygens (including phenoxy) is 1. The van der Waals surface area contributed by atoms with E-state index in [1.54, 1.807) is 17.4 Å². The van der Waals surface area contributed by atoms with E-state index in [-0.39, 0.29) is 0 Å².